The fourth-order valence-corrected chi connectivity index (χ4v) is 2.55. The average molecular weight is 362 g/mol. The minimum Gasteiger partial charge on any atom is -0.481 e. The van der Waals surface area contributed by atoms with E-state index in [2.05, 4.69) is 15.1 Å². The highest BCUT2D eigenvalue weighted by Gasteiger charge is 2.17. The second-order valence-electron chi connectivity index (χ2n) is 5.68. The van der Waals surface area contributed by atoms with E-state index in [1.54, 1.807) is 24.5 Å². The molecule has 0 aliphatic rings. The molecule has 2 heterocycles. The summed E-state index contributed by atoms with van der Waals surface area (Å²) in [4.78, 5) is 19.2. The first-order valence-corrected chi connectivity index (χ1v) is 8.06. The third kappa shape index (κ3) is 3.88. The fraction of sp³-hybridized carbons (Fsp3) is 0.294. The van der Waals surface area contributed by atoms with Crippen molar-refractivity contribution in [3.63, 3.8) is 0 Å². The number of fused-ring (bicyclic) bond motifs is 1. The van der Waals surface area contributed by atoms with Gasteiger partial charge in [0.15, 0.2) is 17.5 Å². The molecule has 130 valence electrons. The lowest BCUT2D eigenvalue weighted by Crippen LogP contribution is -2.08. The number of ether oxygens (including phenoxy) is 1. The molecular formula is C17H16ClN3O4. The number of halogens is 1. The quantitative estimate of drug-likeness (QED) is 0.714. The number of nitrogens with zero attached hydrogens (tertiary/aromatic N) is 3. The molecule has 0 radical (unpaired) electrons. The van der Waals surface area contributed by atoms with Crippen molar-refractivity contribution < 1.29 is 19.2 Å². The molecule has 0 saturated carbocycles. The van der Waals surface area contributed by atoms with E-state index in [0.29, 0.717) is 33.3 Å². The summed E-state index contributed by atoms with van der Waals surface area (Å²) in [5, 5.41) is 13.8. The van der Waals surface area contributed by atoms with Gasteiger partial charge in [-0.25, -0.2) is 9.97 Å². The number of carboxylic acids is 1. The summed E-state index contributed by atoms with van der Waals surface area (Å²) < 4.78 is 11.1. The minimum absolute atomic E-state index is 0.0285. The number of carboxylic acid groups (broad SMARTS) is 1. The highest BCUT2D eigenvalue weighted by Crippen LogP contribution is 2.34. The van der Waals surface area contributed by atoms with Crippen LogP contribution in [0.15, 0.2) is 29.0 Å². The van der Waals surface area contributed by atoms with Gasteiger partial charge >= 0.3 is 5.97 Å². The summed E-state index contributed by atoms with van der Waals surface area (Å²) in [6, 6.07) is 3.31. The zero-order chi connectivity index (χ0) is 18.0. The summed E-state index contributed by atoms with van der Waals surface area (Å²) in [6.45, 7) is 3.73. The Labute approximate surface area is 148 Å². The van der Waals surface area contributed by atoms with E-state index in [-0.39, 0.29) is 12.8 Å². The number of aromatic nitrogens is 3. The molecule has 8 heteroatoms. The monoisotopic (exact) mass is 361 g/mol. The Kier molecular flexibility index (Phi) is 4.85. The van der Waals surface area contributed by atoms with Crippen LogP contribution in [-0.2, 0) is 11.2 Å². The maximum atomic E-state index is 10.7. The predicted molar refractivity (Wildman–Crippen MR) is 90.8 cm³/mol. The smallest absolute Gasteiger partial charge is 0.303 e. The molecule has 7 nitrogen and oxygen atoms in total. The molecule has 0 unspecified atom stereocenters. The van der Waals surface area contributed by atoms with E-state index in [1.807, 2.05) is 13.8 Å². The van der Waals surface area contributed by atoms with Gasteiger partial charge in [0.05, 0.1) is 17.1 Å². The summed E-state index contributed by atoms with van der Waals surface area (Å²) >= 11 is 6.30. The third-order valence-electron chi connectivity index (χ3n) is 3.64. The van der Waals surface area contributed by atoms with Gasteiger partial charge < -0.3 is 14.4 Å². The highest BCUT2D eigenvalue weighted by molar-refractivity contribution is 6.32. The van der Waals surface area contributed by atoms with Gasteiger partial charge in [-0.1, -0.05) is 16.8 Å². The van der Waals surface area contributed by atoms with Crippen molar-refractivity contribution in [1.82, 2.24) is 15.1 Å². The van der Waals surface area contributed by atoms with Crippen LogP contribution in [0.25, 0.3) is 11.0 Å². The summed E-state index contributed by atoms with van der Waals surface area (Å²) in [7, 11) is 0. The molecule has 0 amide bonds. The van der Waals surface area contributed by atoms with E-state index in [1.165, 1.54) is 0 Å². The third-order valence-corrected chi connectivity index (χ3v) is 3.94. The van der Waals surface area contributed by atoms with Crippen LogP contribution in [0, 0.1) is 6.92 Å². The topological polar surface area (TPSA) is 98.3 Å². The molecule has 0 aliphatic carbocycles. The van der Waals surface area contributed by atoms with E-state index in [0.717, 1.165) is 5.56 Å². The average Bonchev–Trinajstić information content (AvgIpc) is 2.95. The first-order valence-electron chi connectivity index (χ1n) is 7.69. The van der Waals surface area contributed by atoms with Crippen LogP contribution in [0.4, 0.5) is 0 Å². The molecule has 1 N–H and O–H groups in total. The van der Waals surface area contributed by atoms with Crippen LogP contribution < -0.4 is 4.74 Å². The number of rotatable bonds is 6. The second-order valence-corrected chi connectivity index (χ2v) is 6.09. The zero-order valence-corrected chi connectivity index (χ0v) is 14.4. The molecule has 0 saturated heterocycles. The molecule has 0 bridgehead atoms. The Hall–Kier alpha value is -2.67. The van der Waals surface area contributed by atoms with Crippen LogP contribution in [0.3, 0.4) is 0 Å². The van der Waals surface area contributed by atoms with Gasteiger partial charge in [0, 0.05) is 30.3 Å². The fourth-order valence-electron chi connectivity index (χ4n) is 2.34. The van der Waals surface area contributed by atoms with E-state index in [4.69, 9.17) is 26.0 Å². The first kappa shape index (κ1) is 17.2. The lowest BCUT2D eigenvalue weighted by molar-refractivity contribution is -0.136. The molecule has 3 aromatic rings. The van der Waals surface area contributed by atoms with Gasteiger partial charge in [-0.15, -0.1) is 0 Å². The van der Waals surface area contributed by atoms with Crippen molar-refractivity contribution in [2.24, 2.45) is 0 Å². The van der Waals surface area contributed by atoms with E-state index < -0.39 is 12.1 Å². The standard InChI is InChI=1S/C17H16ClN3O4/c1-9-7-19-17(20-8-9)10(2)24-15-6-14-11(5-12(15)18)13(21-25-14)3-4-16(22)23/h5-8,10H,3-4H2,1-2H3,(H,22,23)/t10-/m0/s1. The van der Waals surface area contributed by atoms with Crippen LogP contribution >= 0.6 is 11.6 Å². The van der Waals surface area contributed by atoms with Gasteiger partial charge in [0.25, 0.3) is 0 Å². The van der Waals surface area contributed by atoms with E-state index in [9.17, 15) is 4.79 Å². The van der Waals surface area contributed by atoms with Crippen molar-refractivity contribution in [2.45, 2.75) is 32.8 Å². The van der Waals surface area contributed by atoms with Crippen LogP contribution in [0.1, 0.15) is 36.5 Å². The largest absolute Gasteiger partial charge is 0.481 e. The molecule has 1 atom stereocenters. The minimum atomic E-state index is -0.894. The van der Waals surface area contributed by atoms with Crippen LogP contribution in [0.5, 0.6) is 5.75 Å². The Morgan fingerprint density at radius 2 is 2.08 bits per heavy atom. The highest BCUT2D eigenvalue weighted by atomic mass is 35.5. The number of hydrogen-bond donors (Lipinski definition) is 1. The SMILES string of the molecule is Cc1cnc([C@H](C)Oc2cc3onc(CCC(=O)O)c3cc2Cl)nc1. The molecule has 1 aromatic carbocycles. The molecule has 0 fully saturated rings. The molecule has 0 aliphatic heterocycles. The van der Waals surface area contributed by atoms with Gasteiger partial charge in [-0.2, -0.15) is 0 Å². The number of benzene rings is 1. The van der Waals surface area contributed by atoms with Gasteiger partial charge in [-0.05, 0) is 25.5 Å². The summed E-state index contributed by atoms with van der Waals surface area (Å²) in [5.74, 6) is 0.0716. The second kappa shape index (κ2) is 7.06. The van der Waals surface area contributed by atoms with Gasteiger partial charge in [0.1, 0.15) is 5.75 Å². The normalized spacial score (nSPS) is 12.3. The van der Waals surface area contributed by atoms with Crippen molar-refractivity contribution in [3.8, 4) is 5.75 Å². The number of hydrogen-bond acceptors (Lipinski definition) is 6. The van der Waals surface area contributed by atoms with Crippen molar-refractivity contribution in [3.05, 3.63) is 46.6 Å². The van der Waals surface area contributed by atoms with Crippen LogP contribution in [-0.4, -0.2) is 26.2 Å². The molecule has 0 spiro atoms. The first-order chi connectivity index (χ1) is 11.9. The van der Waals surface area contributed by atoms with E-state index >= 15 is 0 Å². The maximum Gasteiger partial charge on any atom is 0.303 e. The predicted octanol–water partition coefficient (Wildman–Crippen LogP) is 3.74. The summed E-state index contributed by atoms with van der Waals surface area (Å²) in [5.41, 5.74) is 2.00. The Morgan fingerprint density at radius 1 is 1.36 bits per heavy atom. The Bertz CT molecular complexity index is 908. The Morgan fingerprint density at radius 3 is 2.76 bits per heavy atom. The molecule has 2 aromatic heterocycles. The summed E-state index contributed by atoms with van der Waals surface area (Å²) in [6.07, 6.45) is 3.28. The molecular weight excluding hydrogens is 346 g/mol. The Balaban J connectivity index is 1.83. The number of aryl methyl sites for hydroxylation is 2. The lowest BCUT2D eigenvalue weighted by atomic mass is 10.1. The van der Waals surface area contributed by atoms with Crippen molar-refractivity contribution >= 4 is 28.5 Å². The van der Waals surface area contributed by atoms with Crippen molar-refractivity contribution in [2.75, 3.05) is 0 Å². The van der Waals surface area contributed by atoms with Crippen molar-refractivity contribution in [1.29, 1.82) is 0 Å². The van der Waals surface area contributed by atoms with Crippen LogP contribution in [0.2, 0.25) is 5.02 Å². The maximum absolute atomic E-state index is 10.7. The molecule has 3 rings (SSSR count). The van der Waals surface area contributed by atoms with Gasteiger partial charge in [-0.3, -0.25) is 4.79 Å². The lowest BCUT2D eigenvalue weighted by Gasteiger charge is -2.14. The molecule has 25 heavy (non-hydrogen) atoms. The number of aliphatic carboxylic acids is 1. The van der Waals surface area contributed by atoms with Gasteiger partial charge in [0.2, 0.25) is 0 Å². The zero-order valence-electron chi connectivity index (χ0n) is 13.7. The number of carbonyl (C=O) groups is 1.